The van der Waals surface area contributed by atoms with E-state index in [-0.39, 0.29) is 30.1 Å². The molecule has 7 nitrogen and oxygen atoms in total. The summed E-state index contributed by atoms with van der Waals surface area (Å²) in [7, 11) is 0. The number of aromatic nitrogens is 2. The number of halogens is 1. The van der Waals surface area contributed by atoms with Crippen molar-refractivity contribution in [3.05, 3.63) is 48.3 Å². The first-order valence-corrected chi connectivity index (χ1v) is 8.56. The molecule has 1 saturated heterocycles. The molecular formula is C18H24ClN5O2. The molecule has 3 N–H and O–H groups in total. The molecule has 3 rings (SSSR count). The number of amides is 2. The van der Waals surface area contributed by atoms with Crippen LogP contribution in [0.3, 0.4) is 0 Å². The molecule has 1 aromatic carbocycles. The number of hydrogen-bond acceptors (Lipinski definition) is 4. The molecule has 8 heteroatoms. The second kappa shape index (κ2) is 9.35. The first kappa shape index (κ1) is 19.9. The third-order valence-corrected chi connectivity index (χ3v) is 4.37. The number of carbonyl (C=O) groups is 2. The summed E-state index contributed by atoms with van der Waals surface area (Å²) in [6, 6.07) is 9.64. The molecule has 26 heavy (non-hydrogen) atoms. The van der Waals surface area contributed by atoms with Crippen molar-refractivity contribution in [3.8, 4) is 5.69 Å². The smallest absolute Gasteiger partial charge is 0.257 e. The Morgan fingerprint density at radius 1 is 1.27 bits per heavy atom. The average Bonchev–Trinajstić information content (AvgIpc) is 3.16. The van der Waals surface area contributed by atoms with Crippen LogP contribution < -0.4 is 11.1 Å². The molecule has 0 spiro atoms. The Labute approximate surface area is 159 Å². The van der Waals surface area contributed by atoms with Crippen LogP contribution in [0.2, 0.25) is 0 Å². The summed E-state index contributed by atoms with van der Waals surface area (Å²) in [5, 5.41) is 7.08. The number of likely N-dealkylation sites (tertiary alicyclic amines) is 1. The van der Waals surface area contributed by atoms with Gasteiger partial charge in [0.2, 0.25) is 5.91 Å². The SMILES string of the molecule is Cl.NCCNC(=O)C1CCCN(C(=O)c2cnn(-c3ccccc3)c2)C1. The molecule has 140 valence electrons. The fraction of sp³-hybridized carbons (Fsp3) is 0.389. The highest BCUT2D eigenvalue weighted by Gasteiger charge is 2.29. The molecule has 1 atom stereocenters. The standard InChI is InChI=1S/C18H23N5O2.ClH/c19-8-9-20-17(24)14-5-4-10-22(12-14)18(25)15-11-21-23(13-15)16-6-2-1-3-7-16;/h1-3,6-7,11,13-14H,4-5,8-10,12,19H2,(H,20,24);1H. The van der Waals surface area contributed by atoms with E-state index >= 15 is 0 Å². The summed E-state index contributed by atoms with van der Waals surface area (Å²) in [6.07, 6.45) is 4.92. The number of benzene rings is 1. The summed E-state index contributed by atoms with van der Waals surface area (Å²) in [6.45, 7) is 1.98. The number of piperidine rings is 1. The zero-order chi connectivity index (χ0) is 17.6. The lowest BCUT2D eigenvalue weighted by Crippen LogP contribution is -2.46. The van der Waals surface area contributed by atoms with E-state index in [1.807, 2.05) is 30.3 Å². The van der Waals surface area contributed by atoms with Crippen LogP contribution in [-0.2, 0) is 4.79 Å². The lowest BCUT2D eigenvalue weighted by molar-refractivity contribution is -0.126. The third-order valence-electron chi connectivity index (χ3n) is 4.37. The van der Waals surface area contributed by atoms with Gasteiger partial charge in [0.05, 0.1) is 23.4 Å². The van der Waals surface area contributed by atoms with Crippen molar-refractivity contribution in [1.29, 1.82) is 0 Å². The van der Waals surface area contributed by atoms with Gasteiger partial charge in [-0.15, -0.1) is 12.4 Å². The average molecular weight is 378 g/mol. The minimum absolute atomic E-state index is 0. The predicted molar refractivity (Wildman–Crippen MR) is 102 cm³/mol. The van der Waals surface area contributed by atoms with Gasteiger partial charge in [0.15, 0.2) is 0 Å². The lowest BCUT2D eigenvalue weighted by Gasteiger charge is -2.31. The van der Waals surface area contributed by atoms with Gasteiger partial charge in [-0.1, -0.05) is 18.2 Å². The normalized spacial score (nSPS) is 16.7. The molecule has 0 radical (unpaired) electrons. The predicted octanol–water partition coefficient (Wildman–Crippen LogP) is 1.22. The van der Waals surface area contributed by atoms with Crippen LogP contribution in [0.1, 0.15) is 23.2 Å². The fourth-order valence-electron chi connectivity index (χ4n) is 3.05. The molecule has 1 fully saturated rings. The zero-order valence-corrected chi connectivity index (χ0v) is 15.3. The van der Waals surface area contributed by atoms with Crippen molar-refractivity contribution in [3.63, 3.8) is 0 Å². The van der Waals surface area contributed by atoms with Gasteiger partial charge < -0.3 is 16.0 Å². The summed E-state index contributed by atoms with van der Waals surface area (Å²) in [4.78, 5) is 26.6. The Kier molecular flexibility index (Phi) is 7.17. The molecule has 0 bridgehead atoms. The first-order chi connectivity index (χ1) is 12.2. The highest BCUT2D eigenvalue weighted by molar-refractivity contribution is 5.94. The van der Waals surface area contributed by atoms with E-state index in [9.17, 15) is 9.59 Å². The molecule has 2 amide bonds. The molecular weight excluding hydrogens is 354 g/mol. The number of para-hydroxylation sites is 1. The maximum absolute atomic E-state index is 12.7. The minimum atomic E-state index is -0.173. The Bertz CT molecular complexity index is 734. The molecule has 2 aromatic rings. The van der Waals surface area contributed by atoms with Gasteiger partial charge in [-0.2, -0.15) is 5.10 Å². The van der Waals surface area contributed by atoms with Gasteiger partial charge in [0.1, 0.15) is 0 Å². The van der Waals surface area contributed by atoms with E-state index in [4.69, 9.17) is 5.73 Å². The minimum Gasteiger partial charge on any atom is -0.355 e. The topological polar surface area (TPSA) is 93.2 Å². The molecule has 2 heterocycles. The van der Waals surface area contributed by atoms with E-state index in [0.717, 1.165) is 18.5 Å². The van der Waals surface area contributed by atoms with Crippen molar-refractivity contribution in [2.45, 2.75) is 12.8 Å². The van der Waals surface area contributed by atoms with Crippen molar-refractivity contribution < 1.29 is 9.59 Å². The zero-order valence-electron chi connectivity index (χ0n) is 14.5. The van der Waals surface area contributed by atoms with Crippen LogP contribution in [-0.4, -0.2) is 52.7 Å². The van der Waals surface area contributed by atoms with Crippen molar-refractivity contribution >= 4 is 24.2 Å². The van der Waals surface area contributed by atoms with Gasteiger partial charge in [-0.25, -0.2) is 4.68 Å². The number of nitrogens with zero attached hydrogens (tertiary/aromatic N) is 3. The fourth-order valence-corrected chi connectivity index (χ4v) is 3.05. The van der Waals surface area contributed by atoms with Crippen LogP contribution >= 0.6 is 12.4 Å². The maximum Gasteiger partial charge on any atom is 0.257 e. The van der Waals surface area contributed by atoms with Crippen LogP contribution in [0.5, 0.6) is 0 Å². The van der Waals surface area contributed by atoms with Crippen LogP contribution in [0.25, 0.3) is 5.69 Å². The third kappa shape index (κ3) is 4.62. The Morgan fingerprint density at radius 2 is 2.04 bits per heavy atom. The van der Waals surface area contributed by atoms with Gasteiger partial charge in [0.25, 0.3) is 5.91 Å². The summed E-state index contributed by atoms with van der Waals surface area (Å²) in [5.41, 5.74) is 6.86. The van der Waals surface area contributed by atoms with Crippen molar-refractivity contribution in [2.75, 3.05) is 26.2 Å². The summed E-state index contributed by atoms with van der Waals surface area (Å²) < 4.78 is 1.68. The van der Waals surface area contributed by atoms with Crippen molar-refractivity contribution in [2.24, 2.45) is 11.7 Å². The quantitative estimate of drug-likeness (QED) is 0.819. The Balaban J connectivity index is 0.00000243. The van der Waals surface area contributed by atoms with E-state index in [1.54, 1.807) is 22.0 Å². The number of nitrogens with two attached hydrogens (primary N) is 1. The summed E-state index contributed by atoms with van der Waals surface area (Å²) in [5.74, 6) is -0.283. The van der Waals surface area contributed by atoms with Gasteiger partial charge in [0, 0.05) is 32.4 Å². The molecule has 1 aliphatic rings. The molecule has 1 aliphatic heterocycles. The first-order valence-electron chi connectivity index (χ1n) is 8.56. The van der Waals surface area contributed by atoms with E-state index in [1.165, 1.54) is 0 Å². The second-order valence-corrected chi connectivity index (χ2v) is 6.18. The summed E-state index contributed by atoms with van der Waals surface area (Å²) >= 11 is 0. The Morgan fingerprint density at radius 3 is 2.77 bits per heavy atom. The number of nitrogens with one attached hydrogen (secondary N) is 1. The second-order valence-electron chi connectivity index (χ2n) is 6.18. The number of hydrogen-bond donors (Lipinski definition) is 2. The lowest BCUT2D eigenvalue weighted by atomic mass is 9.96. The van der Waals surface area contributed by atoms with Crippen LogP contribution in [0.4, 0.5) is 0 Å². The van der Waals surface area contributed by atoms with Crippen molar-refractivity contribution in [1.82, 2.24) is 20.0 Å². The van der Waals surface area contributed by atoms with Crippen LogP contribution in [0.15, 0.2) is 42.7 Å². The maximum atomic E-state index is 12.7. The molecule has 1 unspecified atom stereocenters. The number of carbonyl (C=O) groups excluding carboxylic acids is 2. The van der Waals surface area contributed by atoms with E-state index < -0.39 is 0 Å². The van der Waals surface area contributed by atoms with E-state index in [2.05, 4.69) is 10.4 Å². The number of rotatable bonds is 5. The molecule has 0 saturated carbocycles. The van der Waals surface area contributed by atoms with Crippen LogP contribution in [0, 0.1) is 5.92 Å². The van der Waals surface area contributed by atoms with E-state index in [0.29, 0.717) is 31.7 Å². The molecule has 1 aromatic heterocycles. The van der Waals surface area contributed by atoms with Gasteiger partial charge >= 0.3 is 0 Å². The monoisotopic (exact) mass is 377 g/mol. The molecule has 0 aliphatic carbocycles. The highest BCUT2D eigenvalue weighted by atomic mass is 35.5. The van der Waals surface area contributed by atoms with Gasteiger partial charge in [-0.05, 0) is 25.0 Å². The Hall–Kier alpha value is -2.38. The largest absolute Gasteiger partial charge is 0.355 e. The highest BCUT2D eigenvalue weighted by Crippen LogP contribution is 2.19. The van der Waals surface area contributed by atoms with Gasteiger partial charge in [-0.3, -0.25) is 9.59 Å².